The Bertz CT molecular complexity index is 969. The quantitative estimate of drug-likeness (QED) is 0.636. The Labute approximate surface area is 176 Å². The number of hydrogen-bond acceptors (Lipinski definition) is 4. The number of para-hydroxylation sites is 1. The van der Waals surface area contributed by atoms with Crippen LogP contribution in [-0.4, -0.2) is 27.3 Å². The molecule has 0 saturated carbocycles. The van der Waals surface area contributed by atoms with E-state index < -0.39 is 0 Å². The van der Waals surface area contributed by atoms with E-state index in [4.69, 9.17) is 0 Å². The van der Waals surface area contributed by atoms with Crippen molar-refractivity contribution in [3.8, 4) is 5.69 Å². The summed E-state index contributed by atoms with van der Waals surface area (Å²) in [6, 6.07) is 9.83. The second-order valence-electron chi connectivity index (χ2n) is 8.13. The smallest absolute Gasteiger partial charge is 0.315 e. The minimum atomic E-state index is -0.177. The third kappa shape index (κ3) is 5.23. The van der Waals surface area contributed by atoms with Gasteiger partial charge in [0, 0.05) is 41.6 Å². The molecule has 0 aliphatic carbocycles. The molecule has 0 fully saturated rings. The molecule has 2 N–H and O–H groups in total. The molecule has 2 amide bonds. The van der Waals surface area contributed by atoms with Crippen molar-refractivity contribution in [2.75, 3.05) is 6.54 Å². The number of urea groups is 1. The maximum atomic E-state index is 12.2. The largest absolute Gasteiger partial charge is 0.338 e. The summed E-state index contributed by atoms with van der Waals surface area (Å²) >= 11 is 1.65. The number of carbonyl (C=O) groups excluding carboxylic acids is 1. The summed E-state index contributed by atoms with van der Waals surface area (Å²) in [5.41, 5.74) is 5.17. The van der Waals surface area contributed by atoms with E-state index in [1.54, 1.807) is 11.3 Å². The topological polar surface area (TPSA) is 71.8 Å². The average molecular weight is 412 g/mol. The number of rotatable bonds is 6. The van der Waals surface area contributed by atoms with Gasteiger partial charge in [-0.25, -0.2) is 14.5 Å². The van der Waals surface area contributed by atoms with E-state index in [-0.39, 0.29) is 11.4 Å². The van der Waals surface area contributed by atoms with Crippen LogP contribution in [-0.2, 0) is 18.4 Å². The van der Waals surface area contributed by atoms with Crippen molar-refractivity contribution in [1.29, 1.82) is 0 Å². The van der Waals surface area contributed by atoms with E-state index in [0.29, 0.717) is 13.1 Å². The van der Waals surface area contributed by atoms with Crippen LogP contribution in [0.15, 0.2) is 35.7 Å². The highest BCUT2D eigenvalue weighted by atomic mass is 32.1. The molecule has 3 rings (SSSR count). The van der Waals surface area contributed by atoms with Gasteiger partial charge in [-0.05, 0) is 26.0 Å². The molecule has 0 aliphatic heterocycles. The SMILES string of the molecule is Cc1nn(-c2ccccc2)c(C)c1CNC(=O)NCCc1nc(C(C)(C)C)cs1. The molecule has 0 aliphatic rings. The van der Waals surface area contributed by atoms with Crippen LogP contribution in [0.5, 0.6) is 0 Å². The standard InChI is InChI=1S/C22H29N5OS/c1-15-18(16(2)27(26-15)17-9-7-6-8-10-17)13-24-21(28)23-12-11-20-25-19(14-29-20)22(3,4)5/h6-10,14H,11-13H2,1-5H3,(H2,23,24,28). The predicted molar refractivity (Wildman–Crippen MR) is 118 cm³/mol. The monoisotopic (exact) mass is 411 g/mol. The third-order valence-electron chi connectivity index (χ3n) is 4.81. The Balaban J connectivity index is 1.51. The molecule has 154 valence electrons. The van der Waals surface area contributed by atoms with E-state index in [1.165, 1.54) is 0 Å². The Morgan fingerprint density at radius 1 is 1.14 bits per heavy atom. The zero-order chi connectivity index (χ0) is 21.0. The Hall–Kier alpha value is -2.67. The van der Waals surface area contributed by atoms with Crippen molar-refractivity contribution in [3.63, 3.8) is 0 Å². The van der Waals surface area contributed by atoms with Gasteiger partial charge in [0.2, 0.25) is 0 Å². The number of carbonyl (C=O) groups is 1. The summed E-state index contributed by atoms with van der Waals surface area (Å²) in [6.07, 6.45) is 0.734. The molecular formula is C22H29N5OS. The lowest BCUT2D eigenvalue weighted by atomic mass is 9.93. The zero-order valence-electron chi connectivity index (χ0n) is 17.7. The van der Waals surface area contributed by atoms with Crippen LogP contribution < -0.4 is 10.6 Å². The number of nitrogens with zero attached hydrogens (tertiary/aromatic N) is 3. The zero-order valence-corrected chi connectivity index (χ0v) is 18.6. The Kier molecular flexibility index (Phi) is 6.37. The number of nitrogens with one attached hydrogen (secondary N) is 2. The summed E-state index contributed by atoms with van der Waals surface area (Å²) in [5.74, 6) is 0. The number of aromatic nitrogens is 3. The molecule has 7 heteroatoms. The molecule has 0 spiro atoms. The van der Waals surface area contributed by atoms with Crippen molar-refractivity contribution in [1.82, 2.24) is 25.4 Å². The first-order chi connectivity index (χ1) is 13.8. The molecule has 29 heavy (non-hydrogen) atoms. The van der Waals surface area contributed by atoms with Gasteiger partial charge >= 0.3 is 6.03 Å². The second kappa shape index (κ2) is 8.78. The van der Waals surface area contributed by atoms with Gasteiger partial charge in [0.15, 0.2) is 0 Å². The van der Waals surface area contributed by atoms with E-state index >= 15 is 0 Å². The van der Waals surface area contributed by atoms with Gasteiger partial charge in [-0.3, -0.25) is 0 Å². The summed E-state index contributed by atoms with van der Waals surface area (Å²) in [7, 11) is 0. The van der Waals surface area contributed by atoms with Crippen LogP contribution in [0.2, 0.25) is 0 Å². The second-order valence-corrected chi connectivity index (χ2v) is 9.08. The van der Waals surface area contributed by atoms with Gasteiger partial charge in [0.1, 0.15) is 0 Å². The maximum absolute atomic E-state index is 12.2. The third-order valence-corrected chi connectivity index (χ3v) is 5.72. The lowest BCUT2D eigenvalue weighted by Crippen LogP contribution is -2.36. The van der Waals surface area contributed by atoms with E-state index in [2.05, 4.69) is 46.9 Å². The molecule has 3 aromatic rings. The van der Waals surface area contributed by atoms with Gasteiger partial charge < -0.3 is 10.6 Å². The molecule has 0 atom stereocenters. The van der Waals surface area contributed by atoms with Crippen LogP contribution in [0.3, 0.4) is 0 Å². The van der Waals surface area contributed by atoms with Crippen LogP contribution in [0.4, 0.5) is 4.79 Å². The molecule has 2 heterocycles. The number of amides is 2. The van der Waals surface area contributed by atoms with Crippen molar-refractivity contribution in [2.45, 2.75) is 53.0 Å². The number of thiazole rings is 1. The summed E-state index contributed by atoms with van der Waals surface area (Å²) in [5, 5.41) is 13.6. The highest BCUT2D eigenvalue weighted by Crippen LogP contribution is 2.24. The van der Waals surface area contributed by atoms with Crippen LogP contribution in [0, 0.1) is 13.8 Å². The van der Waals surface area contributed by atoms with E-state index in [0.717, 1.165) is 39.8 Å². The molecule has 0 saturated heterocycles. The molecule has 0 bridgehead atoms. The van der Waals surface area contributed by atoms with Crippen LogP contribution in [0.1, 0.15) is 48.4 Å². The first-order valence-corrected chi connectivity index (χ1v) is 10.7. The molecule has 2 aromatic heterocycles. The van der Waals surface area contributed by atoms with E-state index in [9.17, 15) is 4.79 Å². The predicted octanol–water partition coefficient (Wildman–Crippen LogP) is 4.29. The first kappa shape index (κ1) is 21.0. The lowest BCUT2D eigenvalue weighted by molar-refractivity contribution is 0.240. The summed E-state index contributed by atoms with van der Waals surface area (Å²) < 4.78 is 1.92. The van der Waals surface area contributed by atoms with Gasteiger partial charge in [-0.1, -0.05) is 39.0 Å². The van der Waals surface area contributed by atoms with Crippen molar-refractivity contribution < 1.29 is 4.79 Å². The van der Waals surface area contributed by atoms with Crippen molar-refractivity contribution >= 4 is 17.4 Å². The summed E-state index contributed by atoms with van der Waals surface area (Å²) in [4.78, 5) is 16.9. The lowest BCUT2D eigenvalue weighted by Gasteiger charge is -2.14. The van der Waals surface area contributed by atoms with Gasteiger partial charge in [0.25, 0.3) is 0 Å². The molecule has 1 aromatic carbocycles. The van der Waals surface area contributed by atoms with E-state index in [1.807, 2.05) is 48.9 Å². The van der Waals surface area contributed by atoms with Gasteiger partial charge in [0.05, 0.1) is 22.1 Å². The first-order valence-electron chi connectivity index (χ1n) is 9.83. The number of hydrogen-bond donors (Lipinski definition) is 2. The van der Waals surface area contributed by atoms with Crippen LogP contribution in [0.25, 0.3) is 5.69 Å². The van der Waals surface area contributed by atoms with Crippen molar-refractivity contribution in [3.05, 3.63) is 63.4 Å². The number of aryl methyl sites for hydroxylation is 1. The molecule has 6 nitrogen and oxygen atoms in total. The fourth-order valence-corrected chi connectivity index (χ4v) is 4.06. The van der Waals surface area contributed by atoms with Gasteiger partial charge in [-0.2, -0.15) is 5.10 Å². The molecule has 0 radical (unpaired) electrons. The fourth-order valence-electron chi connectivity index (χ4n) is 3.04. The maximum Gasteiger partial charge on any atom is 0.315 e. The Morgan fingerprint density at radius 3 is 2.52 bits per heavy atom. The highest BCUT2D eigenvalue weighted by molar-refractivity contribution is 7.09. The molecule has 0 unspecified atom stereocenters. The van der Waals surface area contributed by atoms with Gasteiger partial charge in [-0.15, -0.1) is 11.3 Å². The van der Waals surface area contributed by atoms with Crippen LogP contribution >= 0.6 is 11.3 Å². The Morgan fingerprint density at radius 2 is 1.86 bits per heavy atom. The fraction of sp³-hybridized carbons (Fsp3) is 0.409. The minimum Gasteiger partial charge on any atom is -0.338 e. The molecular weight excluding hydrogens is 382 g/mol. The number of benzene rings is 1. The van der Waals surface area contributed by atoms with Crippen molar-refractivity contribution in [2.24, 2.45) is 0 Å². The average Bonchev–Trinajstić information content (AvgIpc) is 3.26. The minimum absolute atomic E-state index is 0.0550. The normalized spacial score (nSPS) is 11.5. The summed E-state index contributed by atoms with van der Waals surface area (Å²) in [6.45, 7) is 11.5. The highest BCUT2D eigenvalue weighted by Gasteiger charge is 2.17.